The Bertz CT molecular complexity index is 803. The van der Waals surface area contributed by atoms with Crippen LogP contribution in [0.4, 0.5) is 0 Å². The van der Waals surface area contributed by atoms with Gasteiger partial charge >= 0.3 is 0 Å². The lowest BCUT2D eigenvalue weighted by Gasteiger charge is -2.19. The van der Waals surface area contributed by atoms with Crippen molar-refractivity contribution in [2.75, 3.05) is 0 Å². The van der Waals surface area contributed by atoms with Crippen LogP contribution in [0.15, 0.2) is 61.3 Å². The Hall–Kier alpha value is -1.53. The van der Waals surface area contributed by atoms with E-state index in [-0.39, 0.29) is 16.6 Å². The average molecular weight is 382 g/mol. The highest BCUT2D eigenvalue weighted by molar-refractivity contribution is 9.12. The summed E-state index contributed by atoms with van der Waals surface area (Å²) in [5.74, 6) is -0.174. The van der Waals surface area contributed by atoms with Crippen LogP contribution < -0.4 is 0 Å². The molecule has 1 aromatic carbocycles. The van der Waals surface area contributed by atoms with Crippen molar-refractivity contribution < 1.29 is 13.2 Å². The van der Waals surface area contributed by atoms with E-state index < -0.39 is 10.0 Å². The lowest BCUT2D eigenvalue weighted by Crippen LogP contribution is -2.20. The monoisotopic (exact) mass is 381 g/mol. The lowest BCUT2D eigenvalue weighted by molar-refractivity contribution is -0.111. The molecule has 0 atom stereocenters. The third-order valence-electron chi connectivity index (χ3n) is 3.26. The molecule has 1 aliphatic rings. The topological polar surface area (TPSA) is 63.6 Å². The summed E-state index contributed by atoms with van der Waals surface area (Å²) < 4.78 is 29.2. The number of nitrogens with zero attached hydrogens (tertiary/aromatic N) is 1. The summed E-state index contributed by atoms with van der Waals surface area (Å²) in [6, 6.07) is 8.03. The van der Waals surface area contributed by atoms with Gasteiger partial charge in [0, 0.05) is 0 Å². The van der Waals surface area contributed by atoms with Crippen molar-refractivity contribution in [1.82, 2.24) is 0 Å². The van der Waals surface area contributed by atoms with E-state index in [1.165, 1.54) is 18.2 Å². The second-order valence-corrected chi connectivity index (χ2v) is 7.70. The Kier molecular flexibility index (Phi) is 4.82. The Labute approximate surface area is 138 Å². The van der Waals surface area contributed by atoms with Crippen molar-refractivity contribution in [1.29, 1.82) is 0 Å². The van der Waals surface area contributed by atoms with Crippen LogP contribution in [0.5, 0.6) is 0 Å². The normalized spacial score (nSPS) is 18.1. The third kappa shape index (κ3) is 3.28. The Morgan fingerprint density at radius 2 is 1.73 bits per heavy atom. The van der Waals surface area contributed by atoms with Crippen LogP contribution in [-0.2, 0) is 14.8 Å². The van der Waals surface area contributed by atoms with Crippen molar-refractivity contribution in [2.24, 2.45) is 10.3 Å². The number of halogens is 1. The van der Waals surface area contributed by atoms with Gasteiger partial charge in [0.15, 0.2) is 5.78 Å². The molecule has 0 bridgehead atoms. The van der Waals surface area contributed by atoms with Crippen molar-refractivity contribution in [3.8, 4) is 0 Å². The molecule has 0 spiro atoms. The average Bonchev–Trinajstić information content (AvgIpc) is 2.45. The third-order valence-corrected chi connectivity index (χ3v) is 5.35. The Balaban J connectivity index is 2.61. The molecule has 0 amide bonds. The minimum atomic E-state index is -3.81. The minimum absolute atomic E-state index is 0.0348. The van der Waals surface area contributed by atoms with E-state index >= 15 is 0 Å². The van der Waals surface area contributed by atoms with Gasteiger partial charge in [-0.2, -0.15) is 12.8 Å². The van der Waals surface area contributed by atoms with Gasteiger partial charge in [-0.05, 0) is 58.1 Å². The fraction of sp³-hybridized carbons (Fsp3) is 0.250. The van der Waals surface area contributed by atoms with E-state index in [4.69, 9.17) is 0 Å². The number of carbonyl (C=O) groups is 1. The summed E-state index contributed by atoms with van der Waals surface area (Å²) in [6.45, 7) is 5.43. The first-order valence-corrected chi connectivity index (χ1v) is 9.00. The van der Waals surface area contributed by atoms with Gasteiger partial charge in [-0.1, -0.05) is 32.0 Å². The van der Waals surface area contributed by atoms with E-state index in [2.05, 4.69) is 20.3 Å². The number of hydrogen-bond acceptors (Lipinski definition) is 3. The molecule has 0 radical (unpaired) electrons. The zero-order chi connectivity index (χ0) is 16.5. The molecule has 0 aliphatic heterocycles. The van der Waals surface area contributed by atoms with Gasteiger partial charge in [0.25, 0.3) is 10.0 Å². The molecule has 0 unspecified atom stereocenters. The highest BCUT2D eigenvalue weighted by Crippen LogP contribution is 2.30. The number of carbonyl (C=O) groups excluding carboxylic acids is 1. The van der Waals surface area contributed by atoms with E-state index in [0.717, 1.165) is 0 Å². The van der Waals surface area contributed by atoms with Gasteiger partial charge in [0.2, 0.25) is 0 Å². The molecule has 0 heterocycles. The summed E-state index contributed by atoms with van der Waals surface area (Å²) in [7, 11) is -3.81. The second-order valence-electron chi connectivity index (χ2n) is 5.30. The molecular formula is C16H16BrNO3S. The van der Waals surface area contributed by atoms with E-state index in [9.17, 15) is 13.2 Å². The fourth-order valence-corrected chi connectivity index (χ4v) is 4.15. The predicted octanol–water partition coefficient (Wildman–Crippen LogP) is 3.65. The number of sulfonamides is 1. The van der Waals surface area contributed by atoms with Crippen LogP contribution in [0, 0.1) is 5.92 Å². The maximum absolute atomic E-state index is 12.4. The Morgan fingerprint density at radius 1 is 1.14 bits per heavy atom. The summed E-state index contributed by atoms with van der Waals surface area (Å²) in [5.41, 5.74) is 1.37. The summed E-state index contributed by atoms with van der Waals surface area (Å²) in [5, 5.41) is 0. The SMILES string of the molecule is CC1=C/C(=N\S(=O)(=O)c2ccccc2)C(C(C)C)=C(Br)C1=O. The van der Waals surface area contributed by atoms with E-state index in [1.54, 1.807) is 25.1 Å². The number of Topliss-reactive ketones (excluding diaryl/α,β-unsaturated/α-hetero) is 1. The van der Waals surface area contributed by atoms with Gasteiger partial charge < -0.3 is 0 Å². The molecule has 116 valence electrons. The zero-order valence-corrected chi connectivity index (χ0v) is 14.9. The van der Waals surface area contributed by atoms with Crippen molar-refractivity contribution in [3.05, 3.63) is 52.0 Å². The summed E-state index contributed by atoms with van der Waals surface area (Å²) >= 11 is 3.28. The summed E-state index contributed by atoms with van der Waals surface area (Å²) in [6.07, 6.45) is 1.53. The van der Waals surface area contributed by atoms with Crippen LogP contribution >= 0.6 is 15.9 Å². The van der Waals surface area contributed by atoms with Crippen molar-refractivity contribution in [2.45, 2.75) is 25.7 Å². The van der Waals surface area contributed by atoms with Gasteiger partial charge in [-0.15, -0.1) is 0 Å². The molecule has 0 aromatic heterocycles. The summed E-state index contributed by atoms with van der Waals surface area (Å²) in [4.78, 5) is 12.2. The molecule has 22 heavy (non-hydrogen) atoms. The quantitative estimate of drug-likeness (QED) is 0.750. The molecular weight excluding hydrogens is 366 g/mol. The van der Waals surface area contributed by atoms with Crippen LogP contribution in [-0.4, -0.2) is 19.9 Å². The second kappa shape index (κ2) is 6.30. The standard InChI is InChI=1S/C16H16BrNO3S/c1-10(2)14-13(9-11(3)16(19)15(14)17)18-22(20,21)12-7-5-4-6-8-12/h4-10H,1-3H3/b18-13+. The number of rotatable bonds is 3. The van der Waals surface area contributed by atoms with Crippen LogP contribution in [0.25, 0.3) is 0 Å². The molecule has 2 rings (SSSR count). The molecule has 0 saturated carbocycles. The van der Waals surface area contributed by atoms with Crippen LogP contribution in [0.1, 0.15) is 20.8 Å². The smallest absolute Gasteiger partial charge is 0.282 e. The number of allylic oxidation sites excluding steroid dienone is 4. The molecule has 1 aromatic rings. The van der Waals surface area contributed by atoms with Crippen LogP contribution in [0.2, 0.25) is 0 Å². The number of benzene rings is 1. The molecule has 0 saturated heterocycles. The number of ketones is 1. The first-order chi connectivity index (χ1) is 10.2. The minimum Gasteiger partial charge on any atom is -0.288 e. The molecule has 1 aliphatic carbocycles. The first-order valence-electron chi connectivity index (χ1n) is 6.77. The highest BCUT2D eigenvalue weighted by Gasteiger charge is 2.27. The van der Waals surface area contributed by atoms with Gasteiger partial charge in [-0.3, -0.25) is 4.79 Å². The molecule has 0 N–H and O–H groups in total. The zero-order valence-electron chi connectivity index (χ0n) is 12.5. The highest BCUT2D eigenvalue weighted by atomic mass is 79.9. The van der Waals surface area contributed by atoms with Crippen molar-refractivity contribution >= 4 is 37.4 Å². The largest absolute Gasteiger partial charge is 0.288 e. The Morgan fingerprint density at radius 3 is 2.27 bits per heavy atom. The maximum atomic E-state index is 12.4. The lowest BCUT2D eigenvalue weighted by atomic mass is 9.90. The van der Waals surface area contributed by atoms with E-state index in [1.807, 2.05) is 13.8 Å². The molecule has 0 fully saturated rings. The van der Waals surface area contributed by atoms with Gasteiger partial charge in [0.1, 0.15) is 0 Å². The van der Waals surface area contributed by atoms with Crippen molar-refractivity contribution in [3.63, 3.8) is 0 Å². The van der Waals surface area contributed by atoms with E-state index in [0.29, 0.717) is 21.3 Å². The predicted molar refractivity (Wildman–Crippen MR) is 90.6 cm³/mol. The number of hydrogen-bond donors (Lipinski definition) is 0. The van der Waals surface area contributed by atoms with Gasteiger partial charge in [-0.25, -0.2) is 0 Å². The maximum Gasteiger partial charge on any atom is 0.282 e. The van der Waals surface area contributed by atoms with Gasteiger partial charge in [0.05, 0.1) is 15.1 Å². The molecule has 4 nitrogen and oxygen atoms in total. The fourth-order valence-electron chi connectivity index (χ4n) is 2.16. The van der Waals surface area contributed by atoms with Crippen LogP contribution in [0.3, 0.4) is 0 Å². The molecule has 6 heteroatoms. The first kappa shape index (κ1) is 16.8.